The summed E-state index contributed by atoms with van der Waals surface area (Å²) in [6, 6.07) is 26.0. The molecule has 1 aliphatic heterocycles. The van der Waals surface area contributed by atoms with Crippen molar-refractivity contribution < 1.29 is 18.3 Å². The summed E-state index contributed by atoms with van der Waals surface area (Å²) >= 11 is 0. The van der Waals surface area contributed by atoms with Crippen molar-refractivity contribution in [3.8, 4) is 34.1 Å². The van der Waals surface area contributed by atoms with Crippen LogP contribution < -0.4 is 9.47 Å². The molecular weight excluding hydrogens is 532 g/mol. The van der Waals surface area contributed by atoms with Gasteiger partial charge in [0.1, 0.15) is 5.82 Å². The number of benzene rings is 3. The molecule has 1 aromatic heterocycles. The third-order valence-electron chi connectivity index (χ3n) is 8.37. The summed E-state index contributed by atoms with van der Waals surface area (Å²) in [4.78, 5) is 7.77. The van der Waals surface area contributed by atoms with E-state index in [4.69, 9.17) is 9.72 Å². The minimum Gasteiger partial charge on any atom is -0.395 e. The first-order chi connectivity index (χ1) is 20.5. The molecule has 0 radical (unpaired) electrons. The topological polar surface area (TPSA) is 39.5 Å². The first-order valence-corrected chi connectivity index (χ1v) is 15.3. The predicted molar refractivity (Wildman–Crippen MR) is 161 cm³/mol. The maximum absolute atomic E-state index is 13.8. The summed E-state index contributed by atoms with van der Waals surface area (Å²) in [5, 5.41) is 0. The number of aromatic nitrogens is 2. The minimum atomic E-state index is -3.62. The molecule has 0 saturated heterocycles. The van der Waals surface area contributed by atoms with Crippen molar-refractivity contribution in [1.82, 2.24) is 14.5 Å². The van der Waals surface area contributed by atoms with Crippen molar-refractivity contribution in [2.24, 2.45) is 5.92 Å². The van der Waals surface area contributed by atoms with Crippen LogP contribution in [0, 0.1) is 5.92 Å². The van der Waals surface area contributed by atoms with Crippen molar-refractivity contribution in [2.75, 3.05) is 6.54 Å². The molecule has 7 heteroatoms. The number of halogens is 2. The monoisotopic (exact) mass is 571 g/mol. The molecule has 1 saturated carbocycles. The van der Waals surface area contributed by atoms with Gasteiger partial charge in [-0.3, -0.25) is 4.90 Å². The summed E-state index contributed by atoms with van der Waals surface area (Å²) in [6.07, 6.45) is 4.79. The molecular formula is C35H39F2N3O2. The number of hydrogen-bond donors (Lipinski definition) is 0. The molecule has 0 amide bonds. The highest BCUT2D eigenvalue weighted by Gasteiger charge is 2.43. The number of nitrogens with zero attached hydrogens (tertiary/aromatic N) is 3. The van der Waals surface area contributed by atoms with Crippen molar-refractivity contribution >= 4 is 0 Å². The zero-order valence-electron chi connectivity index (χ0n) is 24.3. The van der Waals surface area contributed by atoms with E-state index >= 15 is 0 Å². The van der Waals surface area contributed by atoms with Crippen LogP contribution in [0.3, 0.4) is 0 Å². The second-order valence-electron chi connectivity index (χ2n) is 11.6. The fraction of sp³-hybridized carbons (Fsp3) is 0.400. The number of rotatable bonds is 11. The van der Waals surface area contributed by atoms with Crippen LogP contribution in [0.2, 0.25) is 0 Å². The van der Waals surface area contributed by atoms with Crippen LogP contribution in [0.1, 0.15) is 63.1 Å². The summed E-state index contributed by atoms with van der Waals surface area (Å²) < 4.78 is 39.4. The molecule has 0 N–H and O–H groups in total. The van der Waals surface area contributed by atoms with Gasteiger partial charge >= 0.3 is 6.29 Å². The maximum atomic E-state index is 13.8. The predicted octanol–water partition coefficient (Wildman–Crippen LogP) is 8.92. The number of unbranched alkanes of at least 4 members (excludes halogenated alkanes) is 1. The lowest BCUT2D eigenvalue weighted by Gasteiger charge is -2.30. The third kappa shape index (κ3) is 6.51. The van der Waals surface area contributed by atoms with Crippen molar-refractivity contribution in [1.29, 1.82) is 0 Å². The Morgan fingerprint density at radius 3 is 2.26 bits per heavy atom. The van der Waals surface area contributed by atoms with Gasteiger partial charge in [-0.05, 0) is 42.9 Å². The van der Waals surface area contributed by atoms with E-state index in [-0.39, 0.29) is 11.5 Å². The normalized spacial score (nSPS) is 16.3. The molecule has 0 atom stereocenters. The number of hydrogen-bond acceptors (Lipinski definition) is 4. The molecule has 0 spiro atoms. The van der Waals surface area contributed by atoms with Gasteiger partial charge in [-0.25, -0.2) is 4.98 Å². The Morgan fingerprint density at radius 1 is 0.857 bits per heavy atom. The van der Waals surface area contributed by atoms with Gasteiger partial charge in [0.15, 0.2) is 11.5 Å². The molecule has 220 valence electrons. The molecule has 1 aliphatic carbocycles. The maximum Gasteiger partial charge on any atom is 0.586 e. The highest BCUT2D eigenvalue weighted by molar-refractivity contribution is 5.68. The SMILES string of the molecule is CCCCn1c(-c2ccccc2)nc(-c2ccccc2)c1CN(Cc1ccc2c(c1)OC(F)(F)O2)CC1CCCCC1. The van der Waals surface area contributed by atoms with E-state index in [1.54, 1.807) is 12.1 Å². The number of fused-ring (bicyclic) bond motifs is 1. The summed E-state index contributed by atoms with van der Waals surface area (Å²) in [5.41, 5.74) is 5.33. The number of alkyl halides is 2. The Kier molecular flexibility index (Phi) is 8.56. The average Bonchev–Trinajstić information content (AvgIpc) is 3.52. The molecule has 1 fully saturated rings. The number of imidazole rings is 1. The molecule has 0 unspecified atom stereocenters. The van der Waals surface area contributed by atoms with Crippen LogP contribution in [-0.2, 0) is 19.6 Å². The lowest BCUT2D eigenvalue weighted by molar-refractivity contribution is -0.286. The molecule has 42 heavy (non-hydrogen) atoms. The molecule has 5 nitrogen and oxygen atoms in total. The molecule has 2 heterocycles. The van der Waals surface area contributed by atoms with E-state index in [0.717, 1.165) is 54.1 Å². The number of ether oxygens (including phenoxy) is 2. The molecule has 6 rings (SSSR count). The van der Waals surface area contributed by atoms with Gasteiger partial charge in [-0.1, -0.05) is 99.3 Å². The fourth-order valence-corrected chi connectivity index (χ4v) is 6.32. The smallest absolute Gasteiger partial charge is 0.395 e. The lowest BCUT2D eigenvalue weighted by atomic mass is 9.89. The van der Waals surface area contributed by atoms with Gasteiger partial charge in [-0.2, -0.15) is 0 Å². The molecule has 2 aliphatic rings. The zero-order chi connectivity index (χ0) is 28.9. The Balaban J connectivity index is 1.39. The summed E-state index contributed by atoms with van der Waals surface area (Å²) in [7, 11) is 0. The van der Waals surface area contributed by atoms with Crippen LogP contribution in [-0.4, -0.2) is 27.3 Å². The van der Waals surface area contributed by atoms with Crippen molar-refractivity contribution in [2.45, 2.75) is 77.8 Å². The highest BCUT2D eigenvalue weighted by Crippen LogP contribution is 2.41. The third-order valence-corrected chi connectivity index (χ3v) is 8.37. The Bertz CT molecular complexity index is 1470. The summed E-state index contributed by atoms with van der Waals surface area (Å²) in [5.74, 6) is 1.78. The van der Waals surface area contributed by atoms with Gasteiger partial charge in [0.25, 0.3) is 0 Å². The highest BCUT2D eigenvalue weighted by atomic mass is 19.3. The van der Waals surface area contributed by atoms with E-state index in [1.807, 2.05) is 18.2 Å². The second-order valence-corrected chi connectivity index (χ2v) is 11.6. The van der Waals surface area contributed by atoms with E-state index in [0.29, 0.717) is 19.0 Å². The standard InChI is InChI=1S/C35H39F2N3O2/c1-2-3-21-40-30(33(28-15-9-5-10-16-28)38-34(40)29-17-11-6-12-18-29)25-39(23-26-13-7-4-8-14-26)24-27-19-20-31-32(22-27)42-35(36,37)41-31/h5-6,9-12,15-20,22,26H,2-4,7-8,13-14,21,23-25H2,1H3. The van der Waals surface area contributed by atoms with Crippen LogP contribution in [0.5, 0.6) is 11.5 Å². The fourth-order valence-electron chi connectivity index (χ4n) is 6.32. The lowest BCUT2D eigenvalue weighted by Crippen LogP contribution is -2.31. The Labute approximate surface area is 247 Å². The van der Waals surface area contributed by atoms with Crippen LogP contribution in [0.15, 0.2) is 78.9 Å². The Hall–Kier alpha value is -3.71. The average molecular weight is 572 g/mol. The van der Waals surface area contributed by atoms with E-state index in [2.05, 4.69) is 69.7 Å². The molecule has 4 aromatic rings. The first kappa shape index (κ1) is 28.4. The van der Waals surface area contributed by atoms with Gasteiger partial charge in [-0.15, -0.1) is 8.78 Å². The van der Waals surface area contributed by atoms with E-state index in [1.165, 1.54) is 37.8 Å². The zero-order valence-corrected chi connectivity index (χ0v) is 24.3. The molecule has 3 aromatic carbocycles. The van der Waals surface area contributed by atoms with Crippen molar-refractivity contribution in [3.63, 3.8) is 0 Å². The van der Waals surface area contributed by atoms with Crippen LogP contribution in [0.4, 0.5) is 8.78 Å². The largest absolute Gasteiger partial charge is 0.586 e. The minimum absolute atomic E-state index is 0.0825. The summed E-state index contributed by atoms with van der Waals surface area (Å²) in [6.45, 7) is 5.36. The second kappa shape index (κ2) is 12.7. The quantitative estimate of drug-likeness (QED) is 0.180. The van der Waals surface area contributed by atoms with Crippen LogP contribution in [0.25, 0.3) is 22.6 Å². The van der Waals surface area contributed by atoms with Gasteiger partial charge < -0.3 is 14.0 Å². The Morgan fingerprint density at radius 2 is 1.55 bits per heavy atom. The van der Waals surface area contributed by atoms with Crippen molar-refractivity contribution in [3.05, 3.63) is 90.1 Å². The van der Waals surface area contributed by atoms with Crippen LogP contribution >= 0.6 is 0 Å². The van der Waals surface area contributed by atoms with Gasteiger partial charge in [0.2, 0.25) is 0 Å². The van der Waals surface area contributed by atoms with E-state index < -0.39 is 6.29 Å². The first-order valence-electron chi connectivity index (χ1n) is 15.3. The van der Waals surface area contributed by atoms with Gasteiger partial charge in [0.05, 0.1) is 11.4 Å². The van der Waals surface area contributed by atoms with Gasteiger partial charge in [0, 0.05) is 37.3 Å². The van der Waals surface area contributed by atoms with E-state index in [9.17, 15) is 8.78 Å². The molecule has 0 bridgehead atoms.